The highest BCUT2D eigenvalue weighted by atomic mass is 19.4. The quantitative estimate of drug-likeness (QED) is 0.619. The van der Waals surface area contributed by atoms with E-state index < -0.39 is 17.2 Å². The Morgan fingerprint density at radius 2 is 1.69 bits per heavy atom. The molecule has 32 heavy (non-hydrogen) atoms. The summed E-state index contributed by atoms with van der Waals surface area (Å²) in [6.07, 6.45) is 6.84. The van der Waals surface area contributed by atoms with Crippen LogP contribution in [0.4, 0.5) is 24.8 Å². The van der Waals surface area contributed by atoms with Crippen LogP contribution in [-0.4, -0.2) is 50.0 Å². The van der Waals surface area contributed by atoms with Gasteiger partial charge in [0.2, 0.25) is 5.91 Å². The maximum atomic E-state index is 13.2. The molecule has 2 saturated heterocycles. The molecule has 0 saturated carbocycles. The molecule has 3 aromatic heterocycles. The van der Waals surface area contributed by atoms with E-state index in [0.29, 0.717) is 50.5 Å². The van der Waals surface area contributed by atoms with Gasteiger partial charge >= 0.3 is 6.18 Å². The summed E-state index contributed by atoms with van der Waals surface area (Å²) in [5.74, 6) is 1.28. The topological polar surface area (TPSA) is 80.0 Å². The number of amides is 1. The average molecular weight is 443 g/mol. The summed E-state index contributed by atoms with van der Waals surface area (Å²) in [4.78, 5) is 33.7. The van der Waals surface area contributed by atoms with Crippen molar-refractivity contribution in [1.82, 2.24) is 24.5 Å². The molecule has 8 nitrogen and oxygen atoms in total. The zero-order valence-electron chi connectivity index (χ0n) is 17.0. The van der Waals surface area contributed by atoms with Gasteiger partial charge in [0.25, 0.3) is 0 Å². The Kier molecular flexibility index (Phi) is 4.83. The summed E-state index contributed by atoms with van der Waals surface area (Å²) < 4.78 is 41.0. The Morgan fingerprint density at radius 1 is 0.938 bits per heavy atom. The van der Waals surface area contributed by atoms with E-state index in [1.807, 2.05) is 0 Å². The molecule has 166 valence electrons. The standard InChI is InChI=1S/C21H20F3N7O/c22-21(23,24)15-1-5-27-16(11-15)31-9-4-20(19(31)32)2-7-29(8-3-20)17-12-26-13-18(28-17)30-10-6-25-14-30/h1,5-6,10-14H,2-4,7-9H2. The molecule has 5 heterocycles. The second kappa shape index (κ2) is 7.57. The number of anilines is 2. The van der Waals surface area contributed by atoms with Crippen molar-refractivity contribution in [2.45, 2.75) is 25.4 Å². The summed E-state index contributed by atoms with van der Waals surface area (Å²) >= 11 is 0. The highest BCUT2D eigenvalue weighted by Crippen LogP contribution is 2.44. The summed E-state index contributed by atoms with van der Waals surface area (Å²) in [5, 5.41) is 0. The number of alkyl halides is 3. The lowest BCUT2D eigenvalue weighted by molar-refractivity contribution is -0.137. The van der Waals surface area contributed by atoms with Crippen LogP contribution in [0, 0.1) is 5.41 Å². The first-order chi connectivity index (χ1) is 15.4. The van der Waals surface area contributed by atoms with Crippen molar-refractivity contribution < 1.29 is 18.0 Å². The molecule has 2 aliphatic rings. The summed E-state index contributed by atoms with van der Waals surface area (Å²) in [6.45, 7) is 1.58. The average Bonchev–Trinajstić information content (AvgIpc) is 3.44. The predicted octanol–water partition coefficient (Wildman–Crippen LogP) is 3.10. The molecule has 0 aliphatic carbocycles. The van der Waals surface area contributed by atoms with Gasteiger partial charge in [-0.05, 0) is 31.4 Å². The minimum Gasteiger partial charge on any atom is -0.355 e. The number of rotatable bonds is 3. The Labute approximate surface area is 181 Å². The molecule has 0 radical (unpaired) electrons. The van der Waals surface area contributed by atoms with Gasteiger partial charge in [0.1, 0.15) is 18.0 Å². The van der Waals surface area contributed by atoms with E-state index >= 15 is 0 Å². The second-order valence-electron chi connectivity index (χ2n) is 8.08. The highest BCUT2D eigenvalue weighted by Gasteiger charge is 2.49. The van der Waals surface area contributed by atoms with Crippen LogP contribution in [0.1, 0.15) is 24.8 Å². The SMILES string of the molecule is O=C1N(c2cc(C(F)(F)F)ccn2)CCC12CCN(c1cncc(-n3ccnc3)n1)CC2. The van der Waals surface area contributed by atoms with Gasteiger partial charge < -0.3 is 4.90 Å². The number of carbonyl (C=O) groups excluding carboxylic acids is 1. The van der Waals surface area contributed by atoms with Gasteiger partial charge in [0.15, 0.2) is 5.82 Å². The maximum Gasteiger partial charge on any atom is 0.416 e. The number of imidazole rings is 1. The van der Waals surface area contributed by atoms with Gasteiger partial charge in [0, 0.05) is 38.2 Å². The molecule has 0 atom stereocenters. The van der Waals surface area contributed by atoms with Gasteiger partial charge in [-0.15, -0.1) is 0 Å². The number of hydrogen-bond donors (Lipinski definition) is 0. The lowest BCUT2D eigenvalue weighted by Crippen LogP contribution is -2.45. The van der Waals surface area contributed by atoms with Crippen molar-refractivity contribution in [2.75, 3.05) is 29.4 Å². The van der Waals surface area contributed by atoms with E-state index in [1.54, 1.807) is 35.7 Å². The summed E-state index contributed by atoms with van der Waals surface area (Å²) in [7, 11) is 0. The zero-order chi connectivity index (χ0) is 22.3. The third-order valence-electron chi connectivity index (χ3n) is 6.28. The van der Waals surface area contributed by atoms with E-state index in [0.717, 1.165) is 18.3 Å². The number of halogens is 3. The lowest BCUT2D eigenvalue weighted by Gasteiger charge is -2.38. The maximum absolute atomic E-state index is 13.2. The Morgan fingerprint density at radius 3 is 2.41 bits per heavy atom. The van der Waals surface area contributed by atoms with Crippen LogP contribution in [0.2, 0.25) is 0 Å². The van der Waals surface area contributed by atoms with E-state index in [-0.39, 0.29) is 11.7 Å². The Hall–Kier alpha value is -3.50. The van der Waals surface area contributed by atoms with Crippen LogP contribution in [0.25, 0.3) is 5.82 Å². The Balaban J connectivity index is 1.30. The normalized spacial score (nSPS) is 18.5. The van der Waals surface area contributed by atoms with Crippen LogP contribution in [0.15, 0.2) is 49.4 Å². The second-order valence-corrected chi connectivity index (χ2v) is 8.08. The minimum absolute atomic E-state index is 0.0584. The smallest absolute Gasteiger partial charge is 0.355 e. The third-order valence-corrected chi connectivity index (χ3v) is 6.28. The number of hydrogen-bond acceptors (Lipinski definition) is 6. The third kappa shape index (κ3) is 3.57. The van der Waals surface area contributed by atoms with Crippen molar-refractivity contribution in [1.29, 1.82) is 0 Å². The van der Waals surface area contributed by atoms with Crippen LogP contribution in [-0.2, 0) is 11.0 Å². The summed E-state index contributed by atoms with van der Waals surface area (Å²) in [5.41, 5.74) is -1.38. The van der Waals surface area contributed by atoms with Crippen LogP contribution >= 0.6 is 0 Å². The summed E-state index contributed by atoms with van der Waals surface area (Å²) in [6, 6.07) is 1.86. The van der Waals surface area contributed by atoms with Crippen molar-refractivity contribution in [3.05, 3.63) is 55.0 Å². The van der Waals surface area contributed by atoms with Gasteiger partial charge in [-0.3, -0.25) is 19.2 Å². The lowest BCUT2D eigenvalue weighted by atomic mass is 9.77. The minimum atomic E-state index is -4.48. The number of piperidine rings is 1. The molecule has 5 rings (SSSR count). The van der Waals surface area contributed by atoms with Crippen LogP contribution in [0.3, 0.4) is 0 Å². The number of carbonyl (C=O) groups is 1. The van der Waals surface area contributed by atoms with Crippen molar-refractivity contribution in [3.63, 3.8) is 0 Å². The number of nitrogens with zero attached hydrogens (tertiary/aromatic N) is 7. The number of aromatic nitrogens is 5. The van der Waals surface area contributed by atoms with Crippen LogP contribution < -0.4 is 9.80 Å². The van der Waals surface area contributed by atoms with Gasteiger partial charge in [-0.1, -0.05) is 0 Å². The first-order valence-electron chi connectivity index (χ1n) is 10.3. The number of pyridine rings is 1. The highest BCUT2D eigenvalue weighted by molar-refractivity contribution is 5.99. The molecule has 0 unspecified atom stereocenters. The molecule has 2 aliphatic heterocycles. The van der Waals surface area contributed by atoms with Gasteiger partial charge in [-0.2, -0.15) is 13.2 Å². The van der Waals surface area contributed by atoms with Gasteiger partial charge in [0.05, 0.1) is 23.4 Å². The molecule has 11 heteroatoms. The fourth-order valence-corrected chi connectivity index (χ4v) is 4.43. The molecule has 0 bridgehead atoms. The van der Waals surface area contributed by atoms with Gasteiger partial charge in [-0.25, -0.2) is 15.0 Å². The zero-order valence-corrected chi connectivity index (χ0v) is 17.0. The van der Waals surface area contributed by atoms with E-state index in [4.69, 9.17) is 0 Å². The largest absolute Gasteiger partial charge is 0.416 e. The van der Waals surface area contributed by atoms with Crippen LogP contribution in [0.5, 0.6) is 0 Å². The van der Waals surface area contributed by atoms with E-state index in [2.05, 4.69) is 24.8 Å². The predicted molar refractivity (Wildman–Crippen MR) is 109 cm³/mol. The molecule has 1 spiro atoms. The molecule has 2 fully saturated rings. The molecular weight excluding hydrogens is 423 g/mol. The molecule has 0 aromatic carbocycles. The molecule has 1 amide bonds. The molecular formula is C21H20F3N7O. The first-order valence-corrected chi connectivity index (χ1v) is 10.3. The fourth-order valence-electron chi connectivity index (χ4n) is 4.43. The Bertz CT molecular complexity index is 1120. The van der Waals surface area contributed by atoms with E-state index in [1.165, 1.54) is 4.90 Å². The molecule has 0 N–H and O–H groups in total. The fraction of sp³-hybridized carbons (Fsp3) is 0.381. The molecule has 3 aromatic rings. The van der Waals surface area contributed by atoms with E-state index in [9.17, 15) is 18.0 Å². The van der Waals surface area contributed by atoms with Crippen molar-refractivity contribution >= 4 is 17.5 Å². The van der Waals surface area contributed by atoms with Crippen molar-refractivity contribution in [2.24, 2.45) is 5.41 Å². The van der Waals surface area contributed by atoms with Crippen molar-refractivity contribution in [3.8, 4) is 5.82 Å². The first kappa shape index (κ1) is 20.4. The monoisotopic (exact) mass is 443 g/mol.